The number of para-hydroxylation sites is 1. The van der Waals surface area contributed by atoms with Crippen molar-refractivity contribution < 1.29 is 9.18 Å². The lowest BCUT2D eigenvalue weighted by Crippen LogP contribution is -2.22. The van der Waals surface area contributed by atoms with Crippen LogP contribution in [-0.2, 0) is 6.54 Å². The van der Waals surface area contributed by atoms with Crippen LogP contribution in [0.2, 0.25) is 0 Å². The first kappa shape index (κ1) is 23.1. The molecule has 0 atom stereocenters. The fourth-order valence-electron chi connectivity index (χ4n) is 3.77. The van der Waals surface area contributed by atoms with E-state index in [0.717, 1.165) is 32.6 Å². The number of fused-ring (bicyclic) bond motifs is 1. The van der Waals surface area contributed by atoms with E-state index in [0.29, 0.717) is 5.56 Å². The van der Waals surface area contributed by atoms with Crippen molar-refractivity contribution in [2.24, 2.45) is 5.73 Å². The van der Waals surface area contributed by atoms with E-state index in [1.165, 1.54) is 6.08 Å². The Bertz CT molecular complexity index is 1130. The van der Waals surface area contributed by atoms with E-state index in [4.69, 9.17) is 5.73 Å². The number of carbonyl (C=O) groups excluding carboxylic acids is 1. The van der Waals surface area contributed by atoms with Crippen molar-refractivity contribution in [1.29, 1.82) is 0 Å². The second kappa shape index (κ2) is 9.68. The molecule has 1 amide bonds. The van der Waals surface area contributed by atoms with Gasteiger partial charge in [-0.3, -0.25) is 9.10 Å². The monoisotopic (exact) mass is 440 g/mol. The lowest BCUT2D eigenvalue weighted by Gasteiger charge is -2.14. The van der Waals surface area contributed by atoms with Crippen molar-refractivity contribution in [3.05, 3.63) is 65.6 Å². The molecule has 0 saturated carbocycles. The largest absolute Gasteiger partial charge is 0.345 e. The highest BCUT2D eigenvalue weighted by Gasteiger charge is 2.22. The van der Waals surface area contributed by atoms with E-state index in [1.54, 1.807) is 37.0 Å². The van der Waals surface area contributed by atoms with Gasteiger partial charge in [-0.25, -0.2) is 4.39 Å². The maximum atomic E-state index is 14.6. The van der Waals surface area contributed by atoms with E-state index in [9.17, 15) is 9.18 Å². The summed E-state index contributed by atoms with van der Waals surface area (Å²) in [7, 11) is 7.44. The zero-order chi connectivity index (χ0) is 22.7. The third-order valence-electron chi connectivity index (χ3n) is 5.04. The minimum Gasteiger partial charge on any atom is -0.345 e. The molecule has 164 valence electrons. The minimum atomic E-state index is -0.321. The molecule has 0 fully saturated rings. The van der Waals surface area contributed by atoms with Gasteiger partial charge in [-0.1, -0.05) is 24.3 Å². The third-order valence-corrected chi connectivity index (χ3v) is 5.87. The zero-order valence-corrected chi connectivity index (χ0v) is 19.5. The maximum Gasteiger partial charge on any atom is 0.255 e. The summed E-state index contributed by atoms with van der Waals surface area (Å²) in [6.07, 6.45) is 1.37. The molecule has 0 unspecified atom stereocenters. The SMILES string of the molecule is Cc1c(-c2cccc(SN(C)C)c2)c2cccc(C(=O)N(C)C)c2n1C/C(F)=C/CN. The van der Waals surface area contributed by atoms with Gasteiger partial charge in [0.15, 0.2) is 0 Å². The van der Waals surface area contributed by atoms with Gasteiger partial charge in [-0.15, -0.1) is 0 Å². The van der Waals surface area contributed by atoms with Crippen LogP contribution in [0, 0.1) is 6.92 Å². The van der Waals surface area contributed by atoms with Crippen molar-refractivity contribution >= 4 is 28.8 Å². The summed E-state index contributed by atoms with van der Waals surface area (Å²) in [6, 6.07) is 13.9. The van der Waals surface area contributed by atoms with Gasteiger partial charge >= 0.3 is 0 Å². The topological polar surface area (TPSA) is 54.5 Å². The van der Waals surface area contributed by atoms with Crippen molar-refractivity contribution in [2.45, 2.75) is 18.4 Å². The summed E-state index contributed by atoms with van der Waals surface area (Å²) in [4.78, 5) is 15.6. The van der Waals surface area contributed by atoms with Gasteiger partial charge in [-0.05, 0) is 62.8 Å². The molecule has 2 aromatic carbocycles. The Kier molecular flexibility index (Phi) is 7.20. The van der Waals surface area contributed by atoms with Gasteiger partial charge in [0.1, 0.15) is 5.83 Å². The third kappa shape index (κ3) is 4.84. The number of benzene rings is 2. The molecule has 0 saturated heterocycles. The summed E-state index contributed by atoms with van der Waals surface area (Å²) < 4.78 is 18.5. The van der Waals surface area contributed by atoms with E-state index in [2.05, 4.69) is 18.2 Å². The summed E-state index contributed by atoms with van der Waals surface area (Å²) in [5.74, 6) is -0.436. The fraction of sp³-hybridized carbons (Fsp3) is 0.292. The number of nitrogens with zero attached hydrogens (tertiary/aromatic N) is 3. The summed E-state index contributed by atoms with van der Waals surface area (Å²) >= 11 is 1.64. The van der Waals surface area contributed by atoms with Crippen molar-refractivity contribution in [3.8, 4) is 11.1 Å². The molecule has 2 N–H and O–H groups in total. The van der Waals surface area contributed by atoms with Gasteiger partial charge < -0.3 is 15.2 Å². The molecule has 3 aromatic rings. The van der Waals surface area contributed by atoms with Gasteiger partial charge in [0, 0.05) is 42.2 Å². The number of hydrogen-bond donors (Lipinski definition) is 1. The van der Waals surface area contributed by atoms with Crippen LogP contribution in [0.5, 0.6) is 0 Å². The Morgan fingerprint density at radius 1 is 1.16 bits per heavy atom. The van der Waals surface area contributed by atoms with Crippen LogP contribution in [0.1, 0.15) is 16.1 Å². The standard InChI is InChI=1S/C24H29FN4OS/c1-16-22(17-8-6-9-19(14-17)31-28(4)5)20-10-7-11-21(24(30)27(2)3)23(20)29(16)15-18(25)12-13-26/h6-12,14H,13,15,26H2,1-5H3/b18-12-. The predicted molar refractivity (Wildman–Crippen MR) is 128 cm³/mol. The maximum absolute atomic E-state index is 14.6. The summed E-state index contributed by atoms with van der Waals surface area (Å²) in [6.45, 7) is 2.13. The van der Waals surface area contributed by atoms with E-state index in [1.807, 2.05) is 48.1 Å². The van der Waals surface area contributed by atoms with Crippen molar-refractivity contribution in [3.63, 3.8) is 0 Å². The molecule has 0 radical (unpaired) electrons. The first-order chi connectivity index (χ1) is 14.7. The Hall–Kier alpha value is -2.61. The molecule has 1 aromatic heterocycles. The van der Waals surface area contributed by atoms with Gasteiger partial charge in [0.25, 0.3) is 5.91 Å². The Labute approximate surface area is 187 Å². The van der Waals surface area contributed by atoms with E-state index >= 15 is 0 Å². The van der Waals surface area contributed by atoms with Crippen LogP contribution in [0.4, 0.5) is 4.39 Å². The molecule has 0 aliphatic heterocycles. The number of carbonyl (C=O) groups is 1. The van der Waals surface area contributed by atoms with Crippen LogP contribution < -0.4 is 5.73 Å². The Balaban J connectivity index is 2.31. The summed E-state index contributed by atoms with van der Waals surface area (Å²) in [5.41, 5.74) is 9.74. The number of hydrogen-bond acceptors (Lipinski definition) is 4. The average Bonchev–Trinajstić information content (AvgIpc) is 2.98. The van der Waals surface area contributed by atoms with Gasteiger partial charge in [-0.2, -0.15) is 0 Å². The predicted octanol–water partition coefficient (Wildman–Crippen LogP) is 4.70. The Morgan fingerprint density at radius 3 is 2.52 bits per heavy atom. The van der Waals surface area contributed by atoms with Crippen LogP contribution in [-0.4, -0.2) is 54.4 Å². The van der Waals surface area contributed by atoms with Crippen LogP contribution in [0.25, 0.3) is 22.0 Å². The zero-order valence-electron chi connectivity index (χ0n) is 18.6. The molecule has 0 aliphatic rings. The lowest BCUT2D eigenvalue weighted by molar-refractivity contribution is 0.0829. The molecule has 7 heteroatoms. The Morgan fingerprint density at radius 2 is 1.87 bits per heavy atom. The molecule has 1 heterocycles. The highest BCUT2D eigenvalue weighted by atomic mass is 32.2. The molecule has 0 spiro atoms. The molecule has 31 heavy (non-hydrogen) atoms. The number of allylic oxidation sites excluding steroid dienone is 1. The first-order valence-electron chi connectivity index (χ1n) is 10.1. The normalized spacial score (nSPS) is 12.1. The number of halogens is 1. The molecule has 0 aliphatic carbocycles. The molecule has 5 nitrogen and oxygen atoms in total. The second-order valence-electron chi connectivity index (χ2n) is 7.77. The number of rotatable bonds is 7. The summed E-state index contributed by atoms with van der Waals surface area (Å²) in [5, 5.41) is 0.928. The van der Waals surface area contributed by atoms with Crippen LogP contribution in [0.3, 0.4) is 0 Å². The minimum absolute atomic E-state index is 0.0311. The quantitative estimate of drug-likeness (QED) is 0.541. The molecular weight excluding hydrogens is 411 g/mol. The number of aromatic nitrogens is 1. The first-order valence-corrected chi connectivity index (χ1v) is 10.9. The van der Waals surface area contributed by atoms with E-state index < -0.39 is 0 Å². The smallest absolute Gasteiger partial charge is 0.255 e. The fourth-order valence-corrected chi connectivity index (χ4v) is 4.51. The second-order valence-corrected chi connectivity index (χ2v) is 9.15. The highest BCUT2D eigenvalue weighted by Crippen LogP contribution is 2.38. The van der Waals surface area contributed by atoms with Crippen molar-refractivity contribution in [2.75, 3.05) is 34.7 Å². The van der Waals surface area contributed by atoms with E-state index in [-0.39, 0.29) is 24.8 Å². The van der Waals surface area contributed by atoms with Gasteiger partial charge in [0.2, 0.25) is 0 Å². The number of nitrogens with two attached hydrogens (primary N) is 1. The van der Waals surface area contributed by atoms with Gasteiger partial charge in [0.05, 0.1) is 17.6 Å². The molecule has 0 bridgehead atoms. The van der Waals surface area contributed by atoms with Crippen molar-refractivity contribution in [1.82, 2.24) is 13.8 Å². The van der Waals surface area contributed by atoms with Crippen LogP contribution >= 0.6 is 11.9 Å². The highest BCUT2D eigenvalue weighted by molar-refractivity contribution is 7.97. The average molecular weight is 441 g/mol. The number of amides is 1. The molecule has 3 rings (SSSR count). The lowest BCUT2D eigenvalue weighted by atomic mass is 10.0. The van der Waals surface area contributed by atoms with Crippen LogP contribution in [0.15, 0.2) is 59.3 Å². The molecular formula is C24H29FN4OS.